The van der Waals surface area contributed by atoms with Crippen LogP contribution in [0, 0.1) is 0 Å². The van der Waals surface area contributed by atoms with Gasteiger partial charge >= 0.3 is 6.03 Å². The Morgan fingerprint density at radius 2 is 1.89 bits per heavy atom. The number of halogens is 1. The first-order valence-electron chi connectivity index (χ1n) is 8.81. The number of carbonyl (C=O) groups excluding carboxylic acids is 2. The minimum atomic E-state index is -0.634. The van der Waals surface area contributed by atoms with Gasteiger partial charge in [0.05, 0.1) is 0 Å². The van der Waals surface area contributed by atoms with E-state index in [0.717, 1.165) is 10.3 Å². The molecule has 2 aromatic rings. The number of aromatic nitrogens is 1. The van der Waals surface area contributed by atoms with E-state index in [1.807, 2.05) is 36.4 Å². The minimum Gasteiger partial charge on any atom is -0.353 e. The molecule has 1 aliphatic heterocycles. The molecule has 0 radical (unpaired) electrons. The van der Waals surface area contributed by atoms with Crippen LogP contribution in [0.2, 0.25) is 0 Å². The number of nitrogens with one attached hydrogen (secondary N) is 2. The number of hydrogen-bond acceptors (Lipinski definition) is 4. The predicted molar refractivity (Wildman–Crippen MR) is 109 cm³/mol. The maximum Gasteiger partial charge on any atom is 0.318 e. The molecule has 1 saturated heterocycles. The normalized spacial score (nSPS) is 15.2. The number of piperazine rings is 1. The Kier molecular flexibility index (Phi) is 6.28. The summed E-state index contributed by atoms with van der Waals surface area (Å²) in [6.07, 6.45) is 1.76. The van der Waals surface area contributed by atoms with Crippen LogP contribution in [0.3, 0.4) is 0 Å². The molecule has 1 aromatic heterocycles. The zero-order valence-electron chi connectivity index (χ0n) is 15.1. The second-order valence-corrected chi connectivity index (χ2v) is 7.25. The van der Waals surface area contributed by atoms with Crippen LogP contribution in [0.4, 0.5) is 16.3 Å². The molecule has 3 amide bonds. The summed E-state index contributed by atoms with van der Waals surface area (Å²) in [6.45, 7) is 4.27. The first-order valence-corrected chi connectivity index (χ1v) is 9.60. The van der Waals surface area contributed by atoms with Crippen molar-refractivity contribution in [2.45, 2.75) is 13.0 Å². The molecular weight excluding hydrogens is 410 g/mol. The van der Waals surface area contributed by atoms with Gasteiger partial charge in [0.2, 0.25) is 5.91 Å². The van der Waals surface area contributed by atoms with Gasteiger partial charge in [-0.25, -0.2) is 9.78 Å². The van der Waals surface area contributed by atoms with Gasteiger partial charge in [-0.2, -0.15) is 0 Å². The molecule has 2 heterocycles. The number of benzene rings is 1. The number of hydrogen-bond donors (Lipinski definition) is 2. The SMILES string of the molecule is C[C@H](NC(=O)N1CCN(c2ccccn2)CC1)C(=O)Nc1cccc(Br)c1. The molecule has 0 spiro atoms. The van der Waals surface area contributed by atoms with Crippen molar-refractivity contribution in [1.29, 1.82) is 0 Å². The van der Waals surface area contributed by atoms with E-state index in [1.54, 1.807) is 24.1 Å². The van der Waals surface area contributed by atoms with Crippen molar-refractivity contribution in [1.82, 2.24) is 15.2 Å². The van der Waals surface area contributed by atoms with Crippen molar-refractivity contribution in [3.05, 3.63) is 53.1 Å². The first-order chi connectivity index (χ1) is 13.0. The van der Waals surface area contributed by atoms with Gasteiger partial charge in [0.25, 0.3) is 0 Å². The van der Waals surface area contributed by atoms with Gasteiger partial charge in [-0.3, -0.25) is 4.79 Å². The Morgan fingerprint density at radius 3 is 2.56 bits per heavy atom. The molecule has 0 saturated carbocycles. The topological polar surface area (TPSA) is 77.6 Å². The Hall–Kier alpha value is -2.61. The molecule has 2 N–H and O–H groups in total. The number of rotatable bonds is 4. The number of amides is 3. The van der Waals surface area contributed by atoms with Crippen molar-refractivity contribution in [3.8, 4) is 0 Å². The Labute approximate surface area is 166 Å². The number of urea groups is 1. The summed E-state index contributed by atoms with van der Waals surface area (Å²) in [5.41, 5.74) is 0.680. The van der Waals surface area contributed by atoms with Crippen molar-refractivity contribution in [2.75, 3.05) is 36.4 Å². The third-order valence-corrected chi connectivity index (χ3v) is 4.86. The second kappa shape index (κ2) is 8.85. The zero-order chi connectivity index (χ0) is 19.2. The van der Waals surface area contributed by atoms with Crippen LogP contribution in [0.25, 0.3) is 0 Å². The molecule has 0 bridgehead atoms. The highest BCUT2D eigenvalue weighted by molar-refractivity contribution is 9.10. The van der Waals surface area contributed by atoms with E-state index < -0.39 is 6.04 Å². The molecule has 142 valence electrons. The van der Waals surface area contributed by atoms with Gasteiger partial charge in [-0.05, 0) is 37.3 Å². The van der Waals surface area contributed by atoms with Crippen molar-refractivity contribution in [3.63, 3.8) is 0 Å². The van der Waals surface area contributed by atoms with E-state index >= 15 is 0 Å². The maximum atomic E-state index is 12.5. The van der Waals surface area contributed by atoms with Gasteiger partial charge in [0.15, 0.2) is 0 Å². The van der Waals surface area contributed by atoms with E-state index in [2.05, 4.69) is 36.4 Å². The molecule has 8 heteroatoms. The van der Waals surface area contributed by atoms with Crippen molar-refractivity contribution >= 4 is 39.4 Å². The summed E-state index contributed by atoms with van der Waals surface area (Å²) in [4.78, 5) is 33.0. The third kappa shape index (κ3) is 5.19. The van der Waals surface area contributed by atoms with Gasteiger partial charge < -0.3 is 20.4 Å². The number of nitrogens with zero attached hydrogens (tertiary/aromatic N) is 3. The maximum absolute atomic E-state index is 12.5. The highest BCUT2D eigenvalue weighted by Crippen LogP contribution is 2.16. The summed E-state index contributed by atoms with van der Waals surface area (Å²) in [7, 11) is 0. The molecule has 0 unspecified atom stereocenters. The summed E-state index contributed by atoms with van der Waals surface area (Å²) in [6, 6.07) is 12.3. The molecule has 7 nitrogen and oxygen atoms in total. The number of pyridine rings is 1. The van der Waals surface area contributed by atoms with E-state index in [0.29, 0.717) is 31.9 Å². The van der Waals surface area contributed by atoms with Crippen LogP contribution in [0.5, 0.6) is 0 Å². The van der Waals surface area contributed by atoms with Crippen LogP contribution >= 0.6 is 15.9 Å². The summed E-state index contributed by atoms with van der Waals surface area (Å²) >= 11 is 3.37. The van der Waals surface area contributed by atoms with E-state index in [9.17, 15) is 9.59 Å². The monoisotopic (exact) mass is 431 g/mol. The van der Waals surface area contributed by atoms with Gasteiger partial charge in [0, 0.05) is 42.5 Å². The molecule has 3 rings (SSSR count). The smallest absolute Gasteiger partial charge is 0.318 e. The lowest BCUT2D eigenvalue weighted by atomic mass is 10.2. The fraction of sp³-hybridized carbons (Fsp3) is 0.316. The average Bonchev–Trinajstić information content (AvgIpc) is 2.68. The lowest BCUT2D eigenvalue weighted by Gasteiger charge is -2.35. The summed E-state index contributed by atoms with van der Waals surface area (Å²) in [5, 5.41) is 5.57. The average molecular weight is 432 g/mol. The molecule has 1 fully saturated rings. The molecular formula is C19H22BrN5O2. The van der Waals surface area contributed by atoms with Gasteiger partial charge in [0.1, 0.15) is 11.9 Å². The van der Waals surface area contributed by atoms with Crippen LogP contribution < -0.4 is 15.5 Å². The lowest BCUT2D eigenvalue weighted by molar-refractivity contribution is -0.117. The Bertz CT molecular complexity index is 794. The quantitative estimate of drug-likeness (QED) is 0.779. The highest BCUT2D eigenvalue weighted by Gasteiger charge is 2.24. The lowest BCUT2D eigenvalue weighted by Crippen LogP contribution is -2.54. The third-order valence-electron chi connectivity index (χ3n) is 4.37. The van der Waals surface area contributed by atoms with Gasteiger partial charge in [-0.1, -0.05) is 28.1 Å². The highest BCUT2D eigenvalue weighted by atomic mass is 79.9. The number of anilines is 2. The van der Waals surface area contributed by atoms with Crippen LogP contribution in [0.1, 0.15) is 6.92 Å². The number of carbonyl (C=O) groups is 2. The Balaban J connectivity index is 1.48. The Morgan fingerprint density at radius 1 is 1.11 bits per heavy atom. The van der Waals surface area contributed by atoms with Crippen LogP contribution in [0.15, 0.2) is 53.1 Å². The summed E-state index contributed by atoms with van der Waals surface area (Å²) in [5.74, 6) is 0.660. The molecule has 1 aromatic carbocycles. The molecule has 0 aliphatic carbocycles. The van der Waals surface area contributed by atoms with E-state index in [4.69, 9.17) is 0 Å². The largest absolute Gasteiger partial charge is 0.353 e. The minimum absolute atomic E-state index is 0.229. The molecule has 1 atom stereocenters. The first kappa shape index (κ1) is 19.2. The van der Waals surface area contributed by atoms with Crippen LogP contribution in [-0.2, 0) is 4.79 Å². The van der Waals surface area contributed by atoms with Gasteiger partial charge in [-0.15, -0.1) is 0 Å². The van der Waals surface area contributed by atoms with E-state index in [-0.39, 0.29) is 11.9 Å². The van der Waals surface area contributed by atoms with Crippen molar-refractivity contribution in [2.24, 2.45) is 0 Å². The second-order valence-electron chi connectivity index (χ2n) is 6.33. The van der Waals surface area contributed by atoms with Crippen molar-refractivity contribution < 1.29 is 9.59 Å². The molecule has 27 heavy (non-hydrogen) atoms. The van der Waals surface area contributed by atoms with Crippen LogP contribution in [-0.4, -0.2) is 54.0 Å². The standard InChI is InChI=1S/C19H22BrN5O2/c1-14(18(26)23-16-6-4-5-15(20)13-16)22-19(27)25-11-9-24(10-12-25)17-7-2-3-8-21-17/h2-8,13-14H,9-12H2,1H3,(H,22,27)(H,23,26)/t14-/m0/s1. The fourth-order valence-corrected chi connectivity index (χ4v) is 3.24. The predicted octanol–water partition coefficient (Wildman–Crippen LogP) is 2.70. The summed E-state index contributed by atoms with van der Waals surface area (Å²) < 4.78 is 0.878. The van der Waals surface area contributed by atoms with E-state index in [1.165, 1.54) is 0 Å². The fourth-order valence-electron chi connectivity index (χ4n) is 2.84. The zero-order valence-corrected chi connectivity index (χ0v) is 16.6. The molecule has 1 aliphatic rings.